The molecule has 2 aromatic carbocycles. The van der Waals surface area contributed by atoms with Crippen LogP contribution in [0.15, 0.2) is 60.7 Å². The number of aliphatic carboxylic acids is 1. The zero-order valence-corrected chi connectivity index (χ0v) is 10.3. The predicted molar refractivity (Wildman–Crippen MR) is 73.7 cm³/mol. The van der Waals surface area contributed by atoms with Gasteiger partial charge in [-0.1, -0.05) is 54.1 Å². The minimum absolute atomic E-state index is 0.0377. The molecule has 0 unspecified atom stereocenters. The summed E-state index contributed by atoms with van der Waals surface area (Å²) in [6.45, 7) is 2.05. The summed E-state index contributed by atoms with van der Waals surface area (Å²) in [7, 11) is 0. The van der Waals surface area contributed by atoms with Crippen LogP contribution in [0.5, 0.6) is 0 Å². The fraction of sp³-hybridized carbons (Fsp3) is 0.133. The molecular formula is C15H17NO2. The Hall–Kier alpha value is -2.29. The van der Waals surface area contributed by atoms with E-state index >= 15 is 0 Å². The number of nitrogens with one attached hydrogen (secondary N) is 1. The van der Waals surface area contributed by atoms with Gasteiger partial charge >= 0.3 is 5.97 Å². The van der Waals surface area contributed by atoms with E-state index in [1.807, 2.05) is 48.5 Å². The molecule has 0 aliphatic rings. The van der Waals surface area contributed by atoms with Gasteiger partial charge in [-0.25, -0.2) is 0 Å². The van der Waals surface area contributed by atoms with Crippen LogP contribution in [0.3, 0.4) is 0 Å². The average Bonchev–Trinajstić information content (AvgIpc) is 2.39. The summed E-state index contributed by atoms with van der Waals surface area (Å²) in [6.07, 6.45) is 0. The lowest BCUT2D eigenvalue weighted by Crippen LogP contribution is -2.11. The van der Waals surface area contributed by atoms with Gasteiger partial charge in [0.15, 0.2) is 0 Å². The molecule has 2 N–H and O–H groups in total. The third-order valence-corrected chi connectivity index (χ3v) is 2.16. The molecule has 2 aromatic rings. The molecule has 0 amide bonds. The maximum absolute atomic E-state index is 10.1. The standard InChI is InChI=1S/C8H9NO2.C7H8/c10-8(11)6-9-7-4-2-1-3-5-7;1-7-5-3-2-4-6-7/h1-5,9H,6H2,(H,10,11);2-6H,1H3. The van der Waals surface area contributed by atoms with Crippen molar-refractivity contribution in [3.8, 4) is 0 Å². The molecule has 0 aromatic heterocycles. The van der Waals surface area contributed by atoms with Crippen LogP contribution in [0.2, 0.25) is 0 Å². The van der Waals surface area contributed by atoms with Gasteiger partial charge in [-0.15, -0.1) is 0 Å². The molecule has 0 fully saturated rings. The van der Waals surface area contributed by atoms with Crippen LogP contribution in [-0.4, -0.2) is 17.6 Å². The minimum atomic E-state index is -0.853. The van der Waals surface area contributed by atoms with Crippen LogP contribution < -0.4 is 5.32 Å². The van der Waals surface area contributed by atoms with Gasteiger partial charge in [-0.05, 0) is 19.1 Å². The molecule has 0 heterocycles. The van der Waals surface area contributed by atoms with Crippen molar-refractivity contribution in [2.75, 3.05) is 11.9 Å². The van der Waals surface area contributed by atoms with Crippen molar-refractivity contribution < 1.29 is 9.90 Å². The molecule has 0 saturated carbocycles. The van der Waals surface area contributed by atoms with E-state index in [4.69, 9.17) is 5.11 Å². The topological polar surface area (TPSA) is 49.3 Å². The molecule has 0 saturated heterocycles. The predicted octanol–water partition coefficient (Wildman–Crippen LogP) is 3.18. The second-order valence-corrected chi connectivity index (χ2v) is 3.77. The number of hydrogen-bond acceptors (Lipinski definition) is 2. The Kier molecular flexibility index (Phi) is 6.04. The Morgan fingerprint density at radius 1 is 1.00 bits per heavy atom. The first kappa shape index (κ1) is 13.8. The monoisotopic (exact) mass is 243 g/mol. The number of rotatable bonds is 3. The van der Waals surface area contributed by atoms with Gasteiger partial charge in [0.1, 0.15) is 6.54 Å². The van der Waals surface area contributed by atoms with Crippen molar-refractivity contribution in [3.05, 3.63) is 66.2 Å². The summed E-state index contributed by atoms with van der Waals surface area (Å²) in [5.74, 6) is -0.853. The van der Waals surface area contributed by atoms with Crippen molar-refractivity contribution in [2.24, 2.45) is 0 Å². The van der Waals surface area contributed by atoms with Crippen molar-refractivity contribution in [2.45, 2.75) is 6.92 Å². The van der Waals surface area contributed by atoms with Gasteiger partial charge in [0.2, 0.25) is 0 Å². The Labute approximate surface area is 107 Å². The SMILES string of the molecule is Cc1ccccc1.O=C(O)CNc1ccccc1. The number of aryl methyl sites for hydroxylation is 1. The lowest BCUT2D eigenvalue weighted by molar-refractivity contribution is -0.134. The smallest absolute Gasteiger partial charge is 0.322 e. The van der Waals surface area contributed by atoms with Crippen LogP contribution in [0.4, 0.5) is 5.69 Å². The normalized spacial score (nSPS) is 8.94. The van der Waals surface area contributed by atoms with Gasteiger partial charge in [-0.2, -0.15) is 0 Å². The molecule has 0 aliphatic heterocycles. The van der Waals surface area contributed by atoms with E-state index in [9.17, 15) is 4.79 Å². The Morgan fingerprint density at radius 3 is 1.89 bits per heavy atom. The number of carboxylic acids is 1. The van der Waals surface area contributed by atoms with E-state index in [-0.39, 0.29) is 6.54 Å². The van der Waals surface area contributed by atoms with Gasteiger partial charge < -0.3 is 10.4 Å². The molecule has 0 bridgehead atoms. The molecule has 2 rings (SSSR count). The number of carbonyl (C=O) groups is 1. The van der Waals surface area contributed by atoms with E-state index in [0.717, 1.165) is 5.69 Å². The van der Waals surface area contributed by atoms with Crippen LogP contribution in [-0.2, 0) is 4.79 Å². The highest BCUT2D eigenvalue weighted by Gasteiger charge is 1.94. The van der Waals surface area contributed by atoms with Gasteiger partial charge in [0.25, 0.3) is 0 Å². The maximum atomic E-state index is 10.1. The molecule has 3 nitrogen and oxygen atoms in total. The fourth-order valence-electron chi connectivity index (χ4n) is 1.27. The van der Waals surface area contributed by atoms with Crippen LogP contribution >= 0.6 is 0 Å². The largest absolute Gasteiger partial charge is 0.480 e. The summed E-state index contributed by atoms with van der Waals surface area (Å²) in [5, 5.41) is 11.1. The fourth-order valence-corrected chi connectivity index (χ4v) is 1.27. The quantitative estimate of drug-likeness (QED) is 0.870. The lowest BCUT2D eigenvalue weighted by atomic mass is 10.2. The average molecular weight is 243 g/mol. The van der Waals surface area contributed by atoms with Gasteiger partial charge in [-0.3, -0.25) is 4.79 Å². The first-order valence-electron chi connectivity index (χ1n) is 5.71. The summed E-state index contributed by atoms with van der Waals surface area (Å²) in [6, 6.07) is 19.5. The number of carboxylic acid groups (broad SMARTS) is 1. The highest BCUT2D eigenvalue weighted by Crippen LogP contribution is 2.03. The summed E-state index contributed by atoms with van der Waals surface area (Å²) in [5.41, 5.74) is 2.15. The molecular weight excluding hydrogens is 226 g/mol. The third-order valence-electron chi connectivity index (χ3n) is 2.16. The van der Waals surface area contributed by atoms with Gasteiger partial charge in [0.05, 0.1) is 0 Å². The number of anilines is 1. The third kappa shape index (κ3) is 6.33. The summed E-state index contributed by atoms with van der Waals surface area (Å²) in [4.78, 5) is 10.1. The van der Waals surface area contributed by atoms with E-state index in [2.05, 4.69) is 24.4 Å². The highest BCUT2D eigenvalue weighted by atomic mass is 16.4. The van der Waals surface area contributed by atoms with Crippen LogP contribution in [0.1, 0.15) is 5.56 Å². The first-order chi connectivity index (χ1) is 8.68. The zero-order chi connectivity index (χ0) is 13.2. The number of hydrogen-bond donors (Lipinski definition) is 2. The van der Waals surface area contributed by atoms with Crippen LogP contribution in [0.25, 0.3) is 0 Å². The Bertz CT molecular complexity index is 454. The first-order valence-corrected chi connectivity index (χ1v) is 5.71. The molecule has 0 aliphatic carbocycles. The molecule has 3 heteroatoms. The highest BCUT2D eigenvalue weighted by molar-refractivity contribution is 5.72. The maximum Gasteiger partial charge on any atom is 0.322 e. The van der Waals surface area contributed by atoms with E-state index in [1.165, 1.54) is 5.56 Å². The van der Waals surface area contributed by atoms with Crippen molar-refractivity contribution >= 4 is 11.7 Å². The second-order valence-electron chi connectivity index (χ2n) is 3.77. The zero-order valence-electron chi connectivity index (χ0n) is 10.3. The molecule has 18 heavy (non-hydrogen) atoms. The summed E-state index contributed by atoms with van der Waals surface area (Å²) < 4.78 is 0. The van der Waals surface area contributed by atoms with Gasteiger partial charge in [0, 0.05) is 5.69 Å². The van der Waals surface area contributed by atoms with Crippen LogP contribution in [0, 0.1) is 6.92 Å². The van der Waals surface area contributed by atoms with E-state index < -0.39 is 5.97 Å². The molecule has 94 valence electrons. The van der Waals surface area contributed by atoms with Crippen molar-refractivity contribution in [1.82, 2.24) is 0 Å². The number of benzene rings is 2. The lowest BCUT2D eigenvalue weighted by Gasteiger charge is -2.00. The minimum Gasteiger partial charge on any atom is -0.480 e. The Balaban J connectivity index is 0.000000199. The second kappa shape index (κ2) is 7.90. The van der Waals surface area contributed by atoms with Crippen molar-refractivity contribution in [1.29, 1.82) is 0 Å². The van der Waals surface area contributed by atoms with Crippen molar-refractivity contribution in [3.63, 3.8) is 0 Å². The molecule has 0 radical (unpaired) electrons. The van der Waals surface area contributed by atoms with E-state index in [1.54, 1.807) is 0 Å². The molecule has 0 atom stereocenters. The number of para-hydroxylation sites is 1. The summed E-state index contributed by atoms with van der Waals surface area (Å²) >= 11 is 0. The molecule has 0 spiro atoms. The van der Waals surface area contributed by atoms with E-state index in [0.29, 0.717) is 0 Å². The Morgan fingerprint density at radius 2 is 1.50 bits per heavy atom.